The van der Waals surface area contributed by atoms with Gasteiger partial charge in [-0.2, -0.15) is 4.98 Å². The summed E-state index contributed by atoms with van der Waals surface area (Å²) in [4.78, 5) is 16.9. The first-order chi connectivity index (χ1) is 10.3. The second-order valence-corrected chi connectivity index (χ2v) is 5.29. The number of hydrogen-bond acceptors (Lipinski definition) is 6. The fraction of sp³-hybridized carbons (Fsp3) is 0.214. The Morgan fingerprint density at radius 2 is 2.29 bits per heavy atom. The Morgan fingerprint density at radius 3 is 3.05 bits per heavy atom. The van der Waals surface area contributed by atoms with Crippen LogP contribution in [0.1, 0.15) is 18.1 Å². The van der Waals surface area contributed by atoms with Crippen molar-refractivity contribution < 1.29 is 13.7 Å². The SMILES string of the molecule is O=C(CCc1ccco1)NCc1nc(-c2cccs2)no1. The molecule has 0 saturated heterocycles. The largest absolute Gasteiger partial charge is 0.469 e. The van der Waals surface area contributed by atoms with E-state index in [1.165, 1.54) is 11.3 Å². The van der Waals surface area contributed by atoms with Gasteiger partial charge in [-0.15, -0.1) is 11.3 Å². The van der Waals surface area contributed by atoms with Gasteiger partial charge in [0.1, 0.15) is 5.76 Å². The molecule has 108 valence electrons. The lowest BCUT2D eigenvalue weighted by Crippen LogP contribution is -2.23. The number of aryl methyl sites for hydroxylation is 1. The molecule has 3 rings (SSSR count). The van der Waals surface area contributed by atoms with E-state index >= 15 is 0 Å². The van der Waals surface area contributed by atoms with Crippen molar-refractivity contribution in [2.24, 2.45) is 0 Å². The lowest BCUT2D eigenvalue weighted by molar-refractivity contribution is -0.121. The van der Waals surface area contributed by atoms with Crippen molar-refractivity contribution >= 4 is 17.2 Å². The summed E-state index contributed by atoms with van der Waals surface area (Å²) in [5.74, 6) is 1.65. The summed E-state index contributed by atoms with van der Waals surface area (Å²) in [5, 5.41) is 8.57. The van der Waals surface area contributed by atoms with E-state index in [4.69, 9.17) is 8.94 Å². The first kappa shape index (κ1) is 13.6. The molecule has 1 N–H and O–H groups in total. The van der Waals surface area contributed by atoms with E-state index in [-0.39, 0.29) is 12.5 Å². The number of carbonyl (C=O) groups is 1. The third kappa shape index (κ3) is 3.57. The van der Waals surface area contributed by atoms with Crippen LogP contribution in [0.3, 0.4) is 0 Å². The van der Waals surface area contributed by atoms with E-state index in [9.17, 15) is 4.79 Å². The second kappa shape index (κ2) is 6.36. The molecule has 0 aliphatic carbocycles. The molecular formula is C14H13N3O3S. The Hall–Kier alpha value is -2.41. The third-order valence-electron chi connectivity index (χ3n) is 2.82. The van der Waals surface area contributed by atoms with Crippen molar-refractivity contribution in [3.8, 4) is 10.7 Å². The summed E-state index contributed by atoms with van der Waals surface area (Å²) in [5.41, 5.74) is 0. The van der Waals surface area contributed by atoms with E-state index in [1.807, 2.05) is 23.6 Å². The van der Waals surface area contributed by atoms with Gasteiger partial charge in [-0.05, 0) is 23.6 Å². The van der Waals surface area contributed by atoms with Crippen LogP contribution >= 0.6 is 11.3 Å². The molecule has 0 radical (unpaired) electrons. The number of carbonyl (C=O) groups excluding carboxylic acids is 1. The summed E-state index contributed by atoms with van der Waals surface area (Å²) in [6.45, 7) is 0.232. The maximum absolute atomic E-state index is 11.7. The number of thiophene rings is 1. The number of aromatic nitrogens is 2. The number of amides is 1. The molecule has 0 aliphatic heterocycles. The minimum atomic E-state index is -0.0812. The van der Waals surface area contributed by atoms with Crippen molar-refractivity contribution in [3.05, 3.63) is 47.6 Å². The quantitative estimate of drug-likeness (QED) is 0.757. The van der Waals surface area contributed by atoms with Gasteiger partial charge in [0.2, 0.25) is 17.6 Å². The van der Waals surface area contributed by atoms with Crippen molar-refractivity contribution in [3.63, 3.8) is 0 Å². The van der Waals surface area contributed by atoms with Crippen LogP contribution in [0.5, 0.6) is 0 Å². The highest BCUT2D eigenvalue weighted by molar-refractivity contribution is 7.13. The molecule has 0 aromatic carbocycles. The number of furan rings is 1. The second-order valence-electron chi connectivity index (χ2n) is 4.35. The van der Waals surface area contributed by atoms with E-state index in [1.54, 1.807) is 12.3 Å². The van der Waals surface area contributed by atoms with Gasteiger partial charge >= 0.3 is 0 Å². The highest BCUT2D eigenvalue weighted by Crippen LogP contribution is 2.21. The van der Waals surface area contributed by atoms with Crippen molar-refractivity contribution in [2.75, 3.05) is 0 Å². The molecule has 3 heterocycles. The summed E-state index contributed by atoms with van der Waals surface area (Å²) in [6.07, 6.45) is 2.53. The van der Waals surface area contributed by atoms with E-state index in [0.717, 1.165) is 10.6 Å². The van der Waals surface area contributed by atoms with Crippen LogP contribution in [0, 0.1) is 0 Å². The van der Waals surface area contributed by atoms with Crippen molar-refractivity contribution in [1.82, 2.24) is 15.5 Å². The zero-order valence-corrected chi connectivity index (χ0v) is 11.9. The zero-order valence-electron chi connectivity index (χ0n) is 11.1. The molecule has 0 unspecified atom stereocenters. The van der Waals surface area contributed by atoms with Crippen LogP contribution in [-0.2, 0) is 17.8 Å². The van der Waals surface area contributed by atoms with Gasteiger partial charge in [0.05, 0.1) is 17.7 Å². The average molecular weight is 303 g/mol. The van der Waals surface area contributed by atoms with E-state index in [2.05, 4.69) is 15.5 Å². The molecule has 3 aromatic heterocycles. The van der Waals surface area contributed by atoms with E-state index < -0.39 is 0 Å². The molecule has 3 aromatic rings. The standard InChI is InChI=1S/C14H13N3O3S/c18-12(6-5-10-3-1-7-19-10)15-9-13-16-14(17-20-13)11-4-2-8-21-11/h1-4,7-8H,5-6,9H2,(H,15,18). The molecule has 1 amide bonds. The Bertz CT molecular complexity index is 689. The molecule has 0 spiro atoms. The van der Waals surface area contributed by atoms with Crippen LogP contribution in [0.15, 0.2) is 44.8 Å². The number of nitrogens with one attached hydrogen (secondary N) is 1. The average Bonchev–Trinajstić information content (AvgIpc) is 3.24. The topological polar surface area (TPSA) is 81.2 Å². The zero-order chi connectivity index (χ0) is 14.5. The summed E-state index contributed by atoms with van der Waals surface area (Å²) in [6, 6.07) is 7.49. The molecule has 6 nitrogen and oxygen atoms in total. The first-order valence-electron chi connectivity index (χ1n) is 6.47. The maximum atomic E-state index is 11.7. The van der Waals surface area contributed by atoms with Gasteiger partial charge in [-0.1, -0.05) is 11.2 Å². The van der Waals surface area contributed by atoms with Crippen LogP contribution in [0.25, 0.3) is 10.7 Å². The normalized spacial score (nSPS) is 10.7. The third-order valence-corrected chi connectivity index (χ3v) is 3.69. The predicted octanol–water partition coefficient (Wildman–Crippen LogP) is 2.64. The summed E-state index contributed by atoms with van der Waals surface area (Å²) >= 11 is 1.54. The Kier molecular flexibility index (Phi) is 4.11. The first-order valence-corrected chi connectivity index (χ1v) is 7.35. The lowest BCUT2D eigenvalue weighted by Gasteiger charge is -2.00. The number of rotatable bonds is 6. The molecular weight excluding hydrogens is 290 g/mol. The molecule has 0 saturated carbocycles. The molecule has 21 heavy (non-hydrogen) atoms. The van der Waals surface area contributed by atoms with Gasteiger partial charge in [0.15, 0.2) is 0 Å². The maximum Gasteiger partial charge on any atom is 0.246 e. The van der Waals surface area contributed by atoms with Crippen molar-refractivity contribution in [1.29, 1.82) is 0 Å². The van der Waals surface area contributed by atoms with Gasteiger partial charge in [0.25, 0.3) is 0 Å². The Morgan fingerprint density at radius 1 is 1.33 bits per heavy atom. The Balaban J connectivity index is 1.47. The van der Waals surface area contributed by atoms with Gasteiger partial charge in [-0.3, -0.25) is 4.79 Å². The van der Waals surface area contributed by atoms with Crippen LogP contribution in [-0.4, -0.2) is 16.0 Å². The minimum Gasteiger partial charge on any atom is -0.469 e. The minimum absolute atomic E-state index is 0.0812. The number of nitrogens with zero attached hydrogens (tertiary/aromatic N) is 2. The van der Waals surface area contributed by atoms with Crippen LogP contribution in [0.4, 0.5) is 0 Å². The highest BCUT2D eigenvalue weighted by atomic mass is 32.1. The molecule has 7 heteroatoms. The molecule has 0 aliphatic rings. The molecule has 0 bridgehead atoms. The smallest absolute Gasteiger partial charge is 0.246 e. The monoisotopic (exact) mass is 303 g/mol. The fourth-order valence-corrected chi connectivity index (χ4v) is 2.44. The summed E-state index contributed by atoms with van der Waals surface area (Å²) < 4.78 is 10.3. The summed E-state index contributed by atoms with van der Waals surface area (Å²) in [7, 11) is 0. The molecule has 0 fully saturated rings. The molecule has 0 atom stereocenters. The van der Waals surface area contributed by atoms with Crippen molar-refractivity contribution in [2.45, 2.75) is 19.4 Å². The van der Waals surface area contributed by atoms with Gasteiger partial charge in [-0.25, -0.2) is 0 Å². The van der Waals surface area contributed by atoms with Crippen LogP contribution < -0.4 is 5.32 Å². The number of hydrogen-bond donors (Lipinski definition) is 1. The highest BCUT2D eigenvalue weighted by Gasteiger charge is 2.10. The fourth-order valence-electron chi connectivity index (χ4n) is 1.79. The van der Waals surface area contributed by atoms with Crippen LogP contribution in [0.2, 0.25) is 0 Å². The van der Waals surface area contributed by atoms with Gasteiger partial charge in [0, 0.05) is 12.8 Å². The lowest BCUT2D eigenvalue weighted by atomic mass is 10.2. The van der Waals surface area contributed by atoms with Gasteiger partial charge < -0.3 is 14.3 Å². The Labute approximate surface area is 124 Å². The predicted molar refractivity (Wildman–Crippen MR) is 76.5 cm³/mol. The van der Waals surface area contributed by atoms with E-state index in [0.29, 0.717) is 24.6 Å².